The molecular formula is C31H38ClN3O4. The quantitative estimate of drug-likeness (QED) is 0.513. The number of fused-ring (bicyclic) bond motifs is 1. The number of ether oxygens (including phenoxy) is 1. The molecule has 208 valence electrons. The number of amides is 2. The first-order valence-corrected chi connectivity index (χ1v) is 14.8. The van der Waals surface area contributed by atoms with Gasteiger partial charge in [0.15, 0.2) is 0 Å². The molecule has 1 aromatic heterocycles. The van der Waals surface area contributed by atoms with Crippen LogP contribution in [0.1, 0.15) is 74.6 Å². The van der Waals surface area contributed by atoms with Crippen LogP contribution in [0.5, 0.6) is 5.75 Å². The summed E-state index contributed by atoms with van der Waals surface area (Å²) in [7, 11) is 1.72. The number of hydrogen-bond donors (Lipinski definition) is 0. The van der Waals surface area contributed by atoms with Crippen LogP contribution >= 0.6 is 11.6 Å². The van der Waals surface area contributed by atoms with E-state index in [2.05, 4.69) is 6.92 Å². The zero-order valence-corrected chi connectivity index (χ0v) is 23.7. The Bertz CT molecular complexity index is 1350. The van der Waals surface area contributed by atoms with Crippen molar-refractivity contribution in [2.75, 3.05) is 19.6 Å². The van der Waals surface area contributed by atoms with Gasteiger partial charge in [0.25, 0.3) is 5.56 Å². The molecule has 6 rings (SSSR count). The number of benzene rings is 1. The first-order valence-electron chi connectivity index (χ1n) is 14.4. The van der Waals surface area contributed by atoms with Gasteiger partial charge in [-0.1, -0.05) is 31.4 Å². The molecule has 7 nitrogen and oxygen atoms in total. The summed E-state index contributed by atoms with van der Waals surface area (Å²) in [4.78, 5) is 43.4. The molecule has 3 atom stereocenters. The molecule has 0 unspecified atom stereocenters. The minimum absolute atomic E-state index is 0.0101. The summed E-state index contributed by atoms with van der Waals surface area (Å²) in [5.41, 5.74) is 2.75. The normalized spacial score (nSPS) is 25.6. The highest BCUT2D eigenvalue weighted by atomic mass is 35.5. The number of aromatic nitrogens is 1. The fourth-order valence-corrected chi connectivity index (χ4v) is 7.22. The highest BCUT2D eigenvalue weighted by Crippen LogP contribution is 2.54. The van der Waals surface area contributed by atoms with Crippen molar-refractivity contribution in [3.63, 3.8) is 0 Å². The van der Waals surface area contributed by atoms with Crippen LogP contribution in [0.2, 0.25) is 5.02 Å². The summed E-state index contributed by atoms with van der Waals surface area (Å²) in [6.45, 7) is 4.25. The number of likely N-dealkylation sites (tertiary alicyclic amines) is 1. The average molecular weight is 552 g/mol. The van der Waals surface area contributed by atoms with Gasteiger partial charge in [0, 0.05) is 61.9 Å². The minimum Gasteiger partial charge on any atom is -0.489 e. The Hall–Kier alpha value is -2.80. The molecule has 2 amide bonds. The van der Waals surface area contributed by atoms with E-state index in [-0.39, 0.29) is 41.4 Å². The smallest absolute Gasteiger partial charge is 0.250 e. The van der Waals surface area contributed by atoms with Gasteiger partial charge in [-0.2, -0.15) is 0 Å². The fraction of sp³-hybridized carbons (Fsp3) is 0.581. The molecule has 39 heavy (non-hydrogen) atoms. The molecule has 8 heteroatoms. The monoisotopic (exact) mass is 551 g/mol. The molecule has 0 radical (unpaired) electrons. The molecule has 4 aliphatic rings. The Morgan fingerprint density at radius 2 is 1.95 bits per heavy atom. The van der Waals surface area contributed by atoms with Crippen LogP contribution in [0.25, 0.3) is 0 Å². The average Bonchev–Trinajstić information content (AvgIpc) is 3.60. The molecule has 0 bridgehead atoms. The second-order valence-corrected chi connectivity index (χ2v) is 12.7. The van der Waals surface area contributed by atoms with Crippen LogP contribution in [0.4, 0.5) is 0 Å². The highest BCUT2D eigenvalue weighted by Gasteiger charge is 2.52. The van der Waals surface area contributed by atoms with E-state index in [0.29, 0.717) is 42.6 Å². The van der Waals surface area contributed by atoms with Crippen molar-refractivity contribution in [1.29, 1.82) is 0 Å². The summed E-state index contributed by atoms with van der Waals surface area (Å²) in [5, 5.41) is 0.667. The van der Waals surface area contributed by atoms with Crippen molar-refractivity contribution in [3.05, 3.63) is 62.5 Å². The maximum absolute atomic E-state index is 14.1. The third kappa shape index (κ3) is 5.10. The van der Waals surface area contributed by atoms with Gasteiger partial charge >= 0.3 is 0 Å². The Morgan fingerprint density at radius 3 is 2.67 bits per heavy atom. The molecule has 2 saturated carbocycles. The van der Waals surface area contributed by atoms with Crippen LogP contribution in [0.15, 0.2) is 35.3 Å². The summed E-state index contributed by atoms with van der Waals surface area (Å²) in [5.74, 6) is 1.41. The summed E-state index contributed by atoms with van der Waals surface area (Å²) < 4.78 is 7.89. The number of hydrogen-bond acceptors (Lipinski definition) is 4. The lowest BCUT2D eigenvalue weighted by Crippen LogP contribution is -2.49. The lowest BCUT2D eigenvalue weighted by molar-refractivity contribution is -0.143. The van der Waals surface area contributed by atoms with Crippen molar-refractivity contribution in [2.45, 2.75) is 70.9 Å². The van der Waals surface area contributed by atoms with Crippen molar-refractivity contribution in [2.24, 2.45) is 24.3 Å². The Kier molecular flexibility index (Phi) is 6.98. The number of nitrogens with zero attached hydrogens (tertiary/aromatic N) is 3. The number of rotatable bonds is 6. The molecule has 1 spiro atoms. The maximum atomic E-state index is 14.1. The number of aryl methyl sites for hydroxylation is 1. The predicted molar refractivity (Wildman–Crippen MR) is 150 cm³/mol. The lowest BCUT2D eigenvalue weighted by Gasteiger charge is -2.43. The number of pyridine rings is 1. The van der Waals surface area contributed by atoms with Gasteiger partial charge in [0.1, 0.15) is 12.4 Å². The van der Waals surface area contributed by atoms with Crippen molar-refractivity contribution in [3.8, 4) is 5.75 Å². The minimum atomic E-state index is -0.314. The van der Waals surface area contributed by atoms with E-state index in [1.807, 2.05) is 28.0 Å². The lowest BCUT2D eigenvalue weighted by atomic mass is 9.78. The highest BCUT2D eigenvalue weighted by molar-refractivity contribution is 6.31. The third-order valence-corrected chi connectivity index (χ3v) is 9.96. The zero-order valence-electron chi connectivity index (χ0n) is 23.0. The van der Waals surface area contributed by atoms with Gasteiger partial charge in [-0.05, 0) is 72.8 Å². The van der Waals surface area contributed by atoms with Crippen LogP contribution in [0, 0.1) is 17.3 Å². The molecule has 1 saturated heterocycles. The summed E-state index contributed by atoms with van der Waals surface area (Å²) in [6, 6.07) is 6.88. The molecule has 3 heterocycles. The first-order chi connectivity index (χ1) is 18.7. The Labute approximate surface area is 235 Å². The van der Waals surface area contributed by atoms with Crippen LogP contribution in [0.3, 0.4) is 0 Å². The second-order valence-electron chi connectivity index (χ2n) is 12.3. The van der Waals surface area contributed by atoms with E-state index in [0.717, 1.165) is 55.3 Å². The SMILES string of the molecule is C[C@H]1CCCC[C@H]1C(=O)N1CCc2c(Cl)ccc(OCc3ccn(C)c(=O)c3)c2[C@H]1CN1CC2(CC2)CC1=O. The van der Waals surface area contributed by atoms with Crippen LogP contribution < -0.4 is 10.3 Å². The Balaban J connectivity index is 1.35. The van der Waals surface area contributed by atoms with Gasteiger partial charge in [-0.3, -0.25) is 14.4 Å². The third-order valence-electron chi connectivity index (χ3n) is 9.60. The van der Waals surface area contributed by atoms with Gasteiger partial charge in [-0.15, -0.1) is 0 Å². The zero-order chi connectivity index (χ0) is 27.3. The van der Waals surface area contributed by atoms with Crippen LogP contribution in [-0.4, -0.2) is 45.8 Å². The van der Waals surface area contributed by atoms with Gasteiger partial charge < -0.3 is 19.1 Å². The number of carbonyl (C=O) groups is 2. The molecular weight excluding hydrogens is 514 g/mol. The first kappa shape index (κ1) is 26.4. The fourth-order valence-electron chi connectivity index (χ4n) is 6.96. The molecule has 1 aromatic carbocycles. The standard InChI is InChI=1S/C31H38ClN3O4/c1-20-5-3-4-6-22(20)30(38)35-14-10-23-24(32)7-8-26(39-18-21-9-13-33(2)27(36)15-21)29(23)25(35)17-34-19-31(11-12-31)16-28(34)37/h7-9,13,15,20,22,25H,3-6,10-12,14,16-19H2,1-2H3/t20-,22+,25+/m0/s1. The maximum Gasteiger partial charge on any atom is 0.250 e. The molecule has 2 aromatic rings. The van der Waals surface area contributed by atoms with Gasteiger partial charge in [0.2, 0.25) is 11.8 Å². The van der Waals surface area contributed by atoms with E-state index in [1.54, 1.807) is 19.3 Å². The van der Waals surface area contributed by atoms with Crippen molar-refractivity contribution >= 4 is 23.4 Å². The van der Waals surface area contributed by atoms with E-state index < -0.39 is 0 Å². The Morgan fingerprint density at radius 1 is 1.15 bits per heavy atom. The summed E-state index contributed by atoms with van der Waals surface area (Å²) in [6.07, 6.45) is 9.47. The molecule has 0 N–H and O–H groups in total. The predicted octanol–water partition coefficient (Wildman–Crippen LogP) is 4.88. The molecule has 3 fully saturated rings. The van der Waals surface area contributed by atoms with Gasteiger partial charge in [0.05, 0.1) is 6.04 Å². The van der Waals surface area contributed by atoms with Crippen molar-refractivity contribution in [1.82, 2.24) is 14.4 Å². The topological polar surface area (TPSA) is 71.8 Å². The molecule has 2 aliphatic heterocycles. The van der Waals surface area contributed by atoms with E-state index >= 15 is 0 Å². The van der Waals surface area contributed by atoms with E-state index in [1.165, 1.54) is 11.0 Å². The van der Waals surface area contributed by atoms with E-state index in [9.17, 15) is 14.4 Å². The van der Waals surface area contributed by atoms with Crippen molar-refractivity contribution < 1.29 is 14.3 Å². The number of halogens is 1. The van der Waals surface area contributed by atoms with E-state index in [4.69, 9.17) is 16.3 Å². The second kappa shape index (κ2) is 10.3. The summed E-state index contributed by atoms with van der Waals surface area (Å²) >= 11 is 6.75. The van der Waals surface area contributed by atoms with Crippen LogP contribution in [-0.2, 0) is 29.7 Å². The largest absolute Gasteiger partial charge is 0.489 e. The number of carbonyl (C=O) groups excluding carboxylic acids is 2. The van der Waals surface area contributed by atoms with Gasteiger partial charge in [-0.25, -0.2) is 0 Å². The molecule has 2 aliphatic carbocycles.